The van der Waals surface area contributed by atoms with Crippen molar-refractivity contribution in [3.8, 4) is 0 Å². The topological polar surface area (TPSA) is 46.2 Å². The van der Waals surface area contributed by atoms with Crippen LogP contribution in [0.5, 0.6) is 0 Å². The van der Waals surface area contributed by atoms with Gasteiger partial charge < -0.3 is 10.8 Å². The van der Waals surface area contributed by atoms with Gasteiger partial charge in [0.1, 0.15) is 0 Å². The Morgan fingerprint density at radius 3 is 2.06 bits per heavy atom. The quantitative estimate of drug-likeness (QED) is 0.441. The number of benzene rings is 1. The van der Waals surface area contributed by atoms with Crippen LogP contribution in [-0.2, 0) is 5.60 Å². The maximum atomic E-state index is 12.5. The van der Waals surface area contributed by atoms with Gasteiger partial charge in [-0.25, -0.2) is 17.6 Å². The van der Waals surface area contributed by atoms with Gasteiger partial charge in [-0.15, -0.1) is 12.6 Å². The maximum absolute atomic E-state index is 12.5. The summed E-state index contributed by atoms with van der Waals surface area (Å²) in [5.74, 6) is 0. The average molecular weight is 255 g/mol. The number of halogens is 4. The Kier molecular flexibility index (Phi) is 3.69. The summed E-state index contributed by atoms with van der Waals surface area (Å²) in [6.45, 7) is 0. The molecule has 0 heterocycles. The van der Waals surface area contributed by atoms with Gasteiger partial charge in [-0.2, -0.15) is 0 Å². The van der Waals surface area contributed by atoms with Crippen molar-refractivity contribution in [1.82, 2.24) is 0 Å². The molecule has 1 aromatic carbocycles. The molecule has 0 aliphatic carbocycles. The first-order valence-corrected chi connectivity index (χ1v) is 4.62. The molecule has 0 saturated heterocycles. The Morgan fingerprint density at radius 2 is 1.69 bits per heavy atom. The zero-order valence-electron chi connectivity index (χ0n) is 7.87. The Labute approximate surface area is 94.5 Å². The number of thiol groups is 1. The summed E-state index contributed by atoms with van der Waals surface area (Å²) in [6, 6.07) is 2.96. The van der Waals surface area contributed by atoms with Gasteiger partial charge in [0.05, 0.1) is 0 Å². The van der Waals surface area contributed by atoms with Gasteiger partial charge in [-0.1, -0.05) is 6.07 Å². The largest absolute Gasteiger partial charge is 0.398 e. The first-order chi connectivity index (χ1) is 7.30. The van der Waals surface area contributed by atoms with Crippen LogP contribution in [0.3, 0.4) is 0 Å². The minimum atomic E-state index is -3.61. The molecular formula is C9H9F4NOS. The highest BCUT2D eigenvalue weighted by atomic mass is 32.1. The van der Waals surface area contributed by atoms with E-state index in [0.29, 0.717) is 0 Å². The maximum Gasteiger partial charge on any atom is 0.276 e. The van der Waals surface area contributed by atoms with Crippen LogP contribution in [0.15, 0.2) is 23.1 Å². The summed E-state index contributed by atoms with van der Waals surface area (Å²) in [5, 5.41) is 9.28. The molecule has 2 nitrogen and oxygen atoms in total. The predicted octanol–water partition coefficient (Wildman–Crippen LogP) is 2.28. The molecule has 0 aliphatic heterocycles. The van der Waals surface area contributed by atoms with Crippen LogP contribution < -0.4 is 5.73 Å². The lowest BCUT2D eigenvalue weighted by Gasteiger charge is -2.27. The molecule has 0 saturated carbocycles. The molecule has 7 heteroatoms. The molecule has 0 aromatic heterocycles. The van der Waals surface area contributed by atoms with E-state index in [0.717, 1.165) is 18.2 Å². The van der Waals surface area contributed by atoms with Gasteiger partial charge in [0.2, 0.25) is 5.60 Å². The monoisotopic (exact) mass is 255 g/mol. The minimum absolute atomic E-state index is 0.0530. The highest BCUT2D eigenvalue weighted by Crippen LogP contribution is 2.36. The van der Waals surface area contributed by atoms with E-state index in [1.54, 1.807) is 0 Å². The normalized spacial score (nSPS) is 12.5. The second kappa shape index (κ2) is 4.50. The molecule has 0 unspecified atom stereocenters. The second-order valence-corrected chi connectivity index (χ2v) is 3.68. The van der Waals surface area contributed by atoms with Crippen LogP contribution in [0.2, 0.25) is 0 Å². The molecular weight excluding hydrogens is 246 g/mol. The molecule has 1 rings (SSSR count). The van der Waals surface area contributed by atoms with Crippen molar-refractivity contribution in [1.29, 1.82) is 0 Å². The fraction of sp³-hybridized carbons (Fsp3) is 0.333. The Balaban J connectivity index is 3.27. The van der Waals surface area contributed by atoms with Gasteiger partial charge in [0, 0.05) is 10.6 Å². The zero-order chi connectivity index (χ0) is 12.5. The molecule has 0 atom stereocenters. The van der Waals surface area contributed by atoms with Crippen molar-refractivity contribution in [2.75, 3.05) is 5.73 Å². The van der Waals surface area contributed by atoms with Crippen LogP contribution >= 0.6 is 12.6 Å². The van der Waals surface area contributed by atoms with E-state index < -0.39 is 24.0 Å². The highest BCUT2D eigenvalue weighted by Gasteiger charge is 2.48. The van der Waals surface area contributed by atoms with Crippen LogP contribution in [0, 0.1) is 0 Å². The SMILES string of the molecule is Nc1ccc(C(O)(C(F)F)C(F)F)cc1S. The molecule has 3 N–H and O–H groups in total. The van der Waals surface area contributed by atoms with Crippen LogP contribution in [0.1, 0.15) is 5.56 Å². The molecule has 0 radical (unpaired) electrons. The molecule has 0 amide bonds. The summed E-state index contributed by atoms with van der Waals surface area (Å²) in [7, 11) is 0. The summed E-state index contributed by atoms with van der Waals surface area (Å²) < 4.78 is 49.9. The summed E-state index contributed by atoms with van der Waals surface area (Å²) in [4.78, 5) is 0.0530. The number of alkyl halides is 4. The van der Waals surface area contributed by atoms with Crippen LogP contribution in [0.25, 0.3) is 0 Å². The van der Waals surface area contributed by atoms with Gasteiger partial charge >= 0.3 is 0 Å². The van der Waals surface area contributed by atoms with E-state index in [-0.39, 0.29) is 10.6 Å². The molecule has 0 fully saturated rings. The Morgan fingerprint density at radius 1 is 1.19 bits per heavy atom. The third-order valence-electron chi connectivity index (χ3n) is 2.16. The van der Waals surface area contributed by atoms with E-state index in [4.69, 9.17) is 5.73 Å². The number of rotatable bonds is 3. The highest BCUT2D eigenvalue weighted by molar-refractivity contribution is 7.80. The van der Waals surface area contributed by atoms with E-state index >= 15 is 0 Å². The number of hydrogen-bond acceptors (Lipinski definition) is 3. The van der Waals surface area contributed by atoms with Gasteiger partial charge in [0.15, 0.2) is 0 Å². The van der Waals surface area contributed by atoms with Crippen molar-refractivity contribution in [2.24, 2.45) is 0 Å². The van der Waals surface area contributed by atoms with Crippen molar-refractivity contribution >= 4 is 18.3 Å². The Hall–Kier alpha value is -0.950. The van der Waals surface area contributed by atoms with Gasteiger partial charge in [0.25, 0.3) is 12.9 Å². The Bertz CT molecular complexity index is 378. The molecule has 0 bridgehead atoms. The number of anilines is 1. The lowest BCUT2D eigenvalue weighted by atomic mass is 9.94. The smallest absolute Gasteiger partial charge is 0.276 e. The summed E-state index contributed by atoms with van der Waals surface area (Å²) >= 11 is 3.81. The predicted molar refractivity (Wildman–Crippen MR) is 54.0 cm³/mol. The van der Waals surface area contributed by atoms with Crippen LogP contribution in [-0.4, -0.2) is 18.0 Å². The molecule has 0 spiro atoms. The first-order valence-electron chi connectivity index (χ1n) is 4.17. The first kappa shape index (κ1) is 13.1. The number of aliphatic hydroxyl groups is 1. The fourth-order valence-electron chi connectivity index (χ4n) is 1.14. The van der Waals surface area contributed by atoms with E-state index in [9.17, 15) is 22.7 Å². The minimum Gasteiger partial charge on any atom is -0.398 e. The molecule has 90 valence electrons. The third kappa shape index (κ3) is 2.10. The van der Waals surface area contributed by atoms with Gasteiger partial charge in [-0.05, 0) is 17.7 Å². The van der Waals surface area contributed by atoms with Crippen molar-refractivity contribution in [3.63, 3.8) is 0 Å². The second-order valence-electron chi connectivity index (χ2n) is 3.20. The zero-order valence-corrected chi connectivity index (χ0v) is 8.76. The third-order valence-corrected chi connectivity index (χ3v) is 2.55. The molecule has 1 aromatic rings. The van der Waals surface area contributed by atoms with Gasteiger partial charge in [-0.3, -0.25) is 0 Å². The lowest BCUT2D eigenvalue weighted by Crippen LogP contribution is -2.41. The van der Waals surface area contributed by atoms with Crippen molar-refractivity contribution < 1.29 is 22.7 Å². The molecule has 0 aliphatic rings. The fourth-order valence-corrected chi connectivity index (χ4v) is 1.35. The van der Waals surface area contributed by atoms with E-state index in [1.807, 2.05) is 0 Å². The number of nitrogens with two attached hydrogens (primary N) is 1. The standard InChI is InChI=1S/C9H9F4NOS/c10-7(11)9(15,8(12)13)4-1-2-5(14)6(16)3-4/h1-3,7-8,15-16H,14H2. The molecule has 16 heavy (non-hydrogen) atoms. The van der Waals surface area contributed by atoms with Crippen molar-refractivity contribution in [2.45, 2.75) is 23.3 Å². The summed E-state index contributed by atoms with van der Waals surface area (Å²) in [5.41, 5.74) is 1.39. The van der Waals surface area contributed by atoms with Crippen LogP contribution in [0.4, 0.5) is 23.2 Å². The van der Waals surface area contributed by atoms with Crippen molar-refractivity contribution in [3.05, 3.63) is 23.8 Å². The van der Waals surface area contributed by atoms with E-state index in [2.05, 4.69) is 12.6 Å². The lowest BCUT2D eigenvalue weighted by molar-refractivity contribution is -0.183. The number of nitrogen functional groups attached to an aromatic ring is 1. The van der Waals surface area contributed by atoms with E-state index in [1.165, 1.54) is 0 Å². The summed E-state index contributed by atoms with van der Waals surface area (Å²) in [6.07, 6.45) is -7.22. The number of hydrogen-bond donors (Lipinski definition) is 3. The average Bonchev–Trinajstić information content (AvgIpc) is 2.20.